The van der Waals surface area contributed by atoms with Crippen LogP contribution in [-0.2, 0) is 16.0 Å². The average Bonchev–Trinajstić information content (AvgIpc) is 3.11. The highest BCUT2D eigenvalue weighted by Gasteiger charge is 2.32. The zero-order chi connectivity index (χ0) is 13.1. The highest BCUT2D eigenvalue weighted by Crippen LogP contribution is 2.29. The molecule has 0 spiro atoms. The van der Waals surface area contributed by atoms with Crippen molar-refractivity contribution in [3.8, 4) is 0 Å². The first-order chi connectivity index (χ1) is 8.56. The zero-order valence-electron chi connectivity index (χ0n) is 9.73. The molecule has 96 valence electrons. The Morgan fingerprint density at radius 2 is 2.17 bits per heavy atom. The monoisotopic (exact) mass is 359 g/mol. The van der Waals surface area contributed by atoms with Crippen LogP contribution >= 0.6 is 22.6 Å². The lowest BCUT2D eigenvalue weighted by molar-refractivity contribution is -0.142. The van der Waals surface area contributed by atoms with E-state index < -0.39 is 12.0 Å². The van der Waals surface area contributed by atoms with Crippen LogP contribution in [0.2, 0.25) is 0 Å². The average molecular weight is 359 g/mol. The maximum atomic E-state index is 11.6. The number of amides is 1. The molecule has 1 aromatic rings. The molecular formula is C13H14INO3. The van der Waals surface area contributed by atoms with Gasteiger partial charge in [0, 0.05) is 15.9 Å². The van der Waals surface area contributed by atoms with Gasteiger partial charge < -0.3 is 10.4 Å². The van der Waals surface area contributed by atoms with E-state index in [2.05, 4.69) is 27.9 Å². The molecule has 1 atom stereocenters. The second-order valence-electron chi connectivity index (χ2n) is 4.51. The third kappa shape index (κ3) is 3.69. The van der Waals surface area contributed by atoms with Gasteiger partial charge in [0.2, 0.25) is 5.91 Å². The van der Waals surface area contributed by atoms with E-state index in [-0.39, 0.29) is 11.8 Å². The minimum Gasteiger partial charge on any atom is -0.480 e. The Hall–Kier alpha value is -1.11. The number of halogens is 1. The van der Waals surface area contributed by atoms with Crippen molar-refractivity contribution in [3.05, 3.63) is 33.4 Å². The summed E-state index contributed by atoms with van der Waals surface area (Å²) in [7, 11) is 0. The Labute approximate surface area is 119 Å². The number of carbonyl (C=O) groups is 2. The van der Waals surface area contributed by atoms with E-state index in [4.69, 9.17) is 5.11 Å². The molecule has 1 fully saturated rings. The number of rotatable bonds is 5. The lowest BCUT2D eigenvalue weighted by Gasteiger charge is -2.14. The molecule has 1 aliphatic carbocycles. The van der Waals surface area contributed by atoms with Crippen LogP contribution in [0.1, 0.15) is 18.4 Å². The number of aliphatic carboxylic acids is 1. The fourth-order valence-electron chi connectivity index (χ4n) is 1.73. The van der Waals surface area contributed by atoms with E-state index in [1.165, 1.54) is 0 Å². The van der Waals surface area contributed by atoms with Crippen LogP contribution in [0.15, 0.2) is 24.3 Å². The molecule has 5 heteroatoms. The summed E-state index contributed by atoms with van der Waals surface area (Å²) in [6.07, 6.45) is 2.08. The normalized spacial score (nSPS) is 16.1. The van der Waals surface area contributed by atoms with Crippen molar-refractivity contribution < 1.29 is 14.7 Å². The summed E-state index contributed by atoms with van der Waals surface area (Å²) < 4.78 is 1.06. The van der Waals surface area contributed by atoms with E-state index in [0.717, 1.165) is 22.0 Å². The highest BCUT2D eigenvalue weighted by atomic mass is 127. The van der Waals surface area contributed by atoms with Crippen molar-refractivity contribution in [1.29, 1.82) is 0 Å². The largest absolute Gasteiger partial charge is 0.480 e. The summed E-state index contributed by atoms with van der Waals surface area (Å²) in [6.45, 7) is 0. The van der Waals surface area contributed by atoms with E-state index in [1.54, 1.807) is 0 Å². The predicted octanol–water partition coefficient (Wildman–Crippen LogP) is 1.81. The fraction of sp³-hybridized carbons (Fsp3) is 0.385. The van der Waals surface area contributed by atoms with Crippen molar-refractivity contribution in [2.24, 2.45) is 5.92 Å². The van der Waals surface area contributed by atoms with E-state index in [0.29, 0.717) is 6.42 Å². The van der Waals surface area contributed by atoms with E-state index in [1.807, 2.05) is 24.3 Å². The Morgan fingerprint density at radius 1 is 1.44 bits per heavy atom. The molecule has 1 aromatic carbocycles. The number of benzene rings is 1. The van der Waals surface area contributed by atoms with Crippen LogP contribution in [0.3, 0.4) is 0 Å². The van der Waals surface area contributed by atoms with Crippen LogP contribution in [0.25, 0.3) is 0 Å². The van der Waals surface area contributed by atoms with Crippen LogP contribution < -0.4 is 5.32 Å². The quantitative estimate of drug-likeness (QED) is 0.789. The second-order valence-corrected chi connectivity index (χ2v) is 5.75. The van der Waals surface area contributed by atoms with Gasteiger partial charge in [-0.1, -0.05) is 12.1 Å². The Balaban J connectivity index is 2.01. The molecule has 0 unspecified atom stereocenters. The highest BCUT2D eigenvalue weighted by molar-refractivity contribution is 14.1. The first-order valence-corrected chi connectivity index (χ1v) is 6.92. The number of carboxylic acids is 1. The summed E-state index contributed by atoms with van der Waals surface area (Å²) in [5.74, 6) is -1.08. The molecule has 1 amide bonds. The molecule has 0 radical (unpaired) electrons. The van der Waals surface area contributed by atoms with Crippen LogP contribution in [-0.4, -0.2) is 23.0 Å². The summed E-state index contributed by atoms with van der Waals surface area (Å²) in [5.41, 5.74) is 0.922. The van der Waals surface area contributed by atoms with Crippen molar-refractivity contribution in [2.75, 3.05) is 0 Å². The molecule has 0 aromatic heterocycles. The zero-order valence-corrected chi connectivity index (χ0v) is 11.9. The summed E-state index contributed by atoms with van der Waals surface area (Å²) in [4.78, 5) is 22.8. The van der Waals surface area contributed by atoms with Crippen molar-refractivity contribution in [2.45, 2.75) is 25.3 Å². The molecule has 2 N–H and O–H groups in total. The molecular weight excluding hydrogens is 345 g/mol. The standard InChI is InChI=1S/C13H14INO3/c14-10-3-1-2-8(6-10)7-11(13(17)18)15-12(16)9-4-5-9/h1-3,6,9,11H,4-5,7H2,(H,15,16)(H,17,18)/t11-/m0/s1. The van der Waals surface area contributed by atoms with Gasteiger partial charge in [0.15, 0.2) is 0 Å². The second kappa shape index (κ2) is 5.69. The SMILES string of the molecule is O=C(N[C@@H](Cc1cccc(I)c1)C(=O)O)C1CC1. The van der Waals surface area contributed by atoms with Crippen LogP contribution in [0.5, 0.6) is 0 Å². The van der Waals surface area contributed by atoms with Gasteiger partial charge in [0.1, 0.15) is 6.04 Å². The molecule has 1 saturated carbocycles. The van der Waals surface area contributed by atoms with E-state index >= 15 is 0 Å². The summed E-state index contributed by atoms with van der Waals surface area (Å²) >= 11 is 2.18. The molecule has 0 bridgehead atoms. The minimum absolute atomic E-state index is 0.0303. The Kier molecular flexibility index (Phi) is 4.21. The summed E-state index contributed by atoms with van der Waals surface area (Å²) in [6, 6.07) is 6.80. The maximum absolute atomic E-state index is 11.6. The Morgan fingerprint density at radius 3 is 2.72 bits per heavy atom. The van der Waals surface area contributed by atoms with E-state index in [9.17, 15) is 9.59 Å². The van der Waals surface area contributed by atoms with Crippen LogP contribution in [0.4, 0.5) is 0 Å². The first kappa shape index (κ1) is 13.3. The smallest absolute Gasteiger partial charge is 0.326 e. The van der Waals surface area contributed by atoms with Gasteiger partial charge >= 0.3 is 5.97 Å². The molecule has 0 heterocycles. The maximum Gasteiger partial charge on any atom is 0.326 e. The topological polar surface area (TPSA) is 66.4 Å². The summed E-state index contributed by atoms with van der Waals surface area (Å²) in [5, 5.41) is 11.7. The minimum atomic E-state index is -0.983. The number of carboxylic acid groups (broad SMARTS) is 1. The van der Waals surface area contributed by atoms with Gasteiger partial charge in [-0.05, 0) is 53.1 Å². The lowest BCUT2D eigenvalue weighted by atomic mass is 10.1. The molecule has 4 nitrogen and oxygen atoms in total. The predicted molar refractivity (Wildman–Crippen MR) is 75.2 cm³/mol. The Bertz CT molecular complexity index is 471. The number of nitrogens with one attached hydrogen (secondary N) is 1. The van der Waals surface area contributed by atoms with Gasteiger partial charge in [-0.2, -0.15) is 0 Å². The first-order valence-electron chi connectivity index (χ1n) is 5.84. The van der Waals surface area contributed by atoms with Crippen LogP contribution in [0, 0.1) is 9.49 Å². The van der Waals surface area contributed by atoms with Gasteiger partial charge in [-0.25, -0.2) is 4.79 Å². The number of hydrogen-bond donors (Lipinski definition) is 2. The van der Waals surface area contributed by atoms with Gasteiger partial charge in [0.25, 0.3) is 0 Å². The molecule has 18 heavy (non-hydrogen) atoms. The van der Waals surface area contributed by atoms with Crippen molar-refractivity contribution in [3.63, 3.8) is 0 Å². The van der Waals surface area contributed by atoms with Crippen molar-refractivity contribution >= 4 is 34.5 Å². The molecule has 2 rings (SSSR count). The molecule has 1 aliphatic rings. The number of carbonyl (C=O) groups excluding carboxylic acids is 1. The molecule has 0 saturated heterocycles. The number of hydrogen-bond acceptors (Lipinski definition) is 2. The molecule has 0 aliphatic heterocycles. The van der Waals surface area contributed by atoms with Gasteiger partial charge in [-0.3, -0.25) is 4.79 Å². The van der Waals surface area contributed by atoms with Gasteiger partial charge in [0.05, 0.1) is 0 Å². The van der Waals surface area contributed by atoms with Crippen molar-refractivity contribution in [1.82, 2.24) is 5.32 Å². The third-order valence-electron chi connectivity index (χ3n) is 2.89. The third-order valence-corrected chi connectivity index (χ3v) is 3.56. The van der Waals surface area contributed by atoms with Gasteiger partial charge in [-0.15, -0.1) is 0 Å². The fourth-order valence-corrected chi connectivity index (χ4v) is 2.34. The lowest BCUT2D eigenvalue weighted by Crippen LogP contribution is -2.43.